The van der Waals surface area contributed by atoms with E-state index in [-0.39, 0.29) is 23.7 Å². The minimum absolute atomic E-state index is 0.154. The summed E-state index contributed by atoms with van der Waals surface area (Å²) in [6, 6.07) is 8.67. The van der Waals surface area contributed by atoms with Crippen molar-refractivity contribution in [1.29, 1.82) is 0 Å². The number of nitrogens with one attached hydrogen (secondary N) is 1. The minimum Gasteiger partial charge on any atom is -0.392 e. The molecule has 0 saturated carbocycles. The summed E-state index contributed by atoms with van der Waals surface area (Å²) in [5.74, 6) is -0.473. The van der Waals surface area contributed by atoms with Crippen molar-refractivity contribution < 1.29 is 17.9 Å². The highest BCUT2D eigenvalue weighted by Gasteiger charge is 2.15. The summed E-state index contributed by atoms with van der Waals surface area (Å²) < 4.78 is 39.6. The summed E-state index contributed by atoms with van der Waals surface area (Å²) in [5.41, 5.74) is 0.765. The quantitative estimate of drug-likeness (QED) is 0.868. The first-order chi connectivity index (χ1) is 9.53. The van der Waals surface area contributed by atoms with Crippen LogP contribution in [-0.4, -0.2) is 18.5 Å². The third-order valence-electron chi connectivity index (χ3n) is 2.67. The molecule has 0 radical (unpaired) electrons. The Morgan fingerprint density at radius 2 is 1.95 bits per heavy atom. The molecule has 0 spiro atoms. The maximum Gasteiger partial charge on any atom is 0.258 e. The lowest BCUT2D eigenvalue weighted by Crippen LogP contribution is -2.24. The summed E-state index contributed by atoms with van der Waals surface area (Å²) in [4.78, 5) is 3.75. The first kappa shape index (κ1) is 14.6. The number of halogens is 1. The van der Waals surface area contributed by atoms with Crippen LogP contribution in [0.3, 0.4) is 0 Å². The van der Waals surface area contributed by atoms with Crippen LogP contribution in [0.15, 0.2) is 47.6 Å². The SMILES string of the molecule is O=S(=O)(NCc1ccccc1F)c1ccc(CO)cn1. The Hall–Kier alpha value is -1.83. The second-order valence-electron chi connectivity index (χ2n) is 4.08. The van der Waals surface area contributed by atoms with E-state index in [9.17, 15) is 12.8 Å². The number of nitrogens with zero attached hydrogens (tertiary/aromatic N) is 1. The molecule has 1 aromatic heterocycles. The third kappa shape index (κ3) is 3.38. The van der Waals surface area contributed by atoms with Gasteiger partial charge in [0.15, 0.2) is 5.03 Å². The Kier molecular flexibility index (Phi) is 4.43. The van der Waals surface area contributed by atoms with Gasteiger partial charge < -0.3 is 5.11 Å². The van der Waals surface area contributed by atoms with E-state index in [2.05, 4.69) is 9.71 Å². The highest BCUT2D eigenvalue weighted by atomic mass is 32.2. The average molecular weight is 296 g/mol. The van der Waals surface area contributed by atoms with Crippen molar-refractivity contribution in [3.8, 4) is 0 Å². The van der Waals surface area contributed by atoms with E-state index in [0.717, 1.165) is 0 Å². The van der Waals surface area contributed by atoms with Gasteiger partial charge in [-0.3, -0.25) is 0 Å². The van der Waals surface area contributed by atoms with E-state index < -0.39 is 15.8 Å². The highest BCUT2D eigenvalue weighted by Crippen LogP contribution is 2.10. The number of aliphatic hydroxyl groups excluding tert-OH is 1. The van der Waals surface area contributed by atoms with Crippen LogP contribution in [0.25, 0.3) is 0 Å². The van der Waals surface area contributed by atoms with Crippen molar-refractivity contribution in [2.45, 2.75) is 18.2 Å². The van der Waals surface area contributed by atoms with Crippen LogP contribution in [0, 0.1) is 5.82 Å². The van der Waals surface area contributed by atoms with Gasteiger partial charge in [0, 0.05) is 18.3 Å². The molecule has 2 aromatic rings. The molecular weight excluding hydrogens is 283 g/mol. The fraction of sp³-hybridized carbons (Fsp3) is 0.154. The van der Waals surface area contributed by atoms with Crippen LogP contribution in [0.1, 0.15) is 11.1 Å². The molecule has 1 aromatic carbocycles. The lowest BCUT2D eigenvalue weighted by Gasteiger charge is -2.07. The maximum atomic E-state index is 13.4. The van der Waals surface area contributed by atoms with Crippen LogP contribution in [-0.2, 0) is 23.2 Å². The Labute approximate surface area is 116 Å². The van der Waals surface area contributed by atoms with Gasteiger partial charge in [-0.15, -0.1) is 0 Å². The van der Waals surface area contributed by atoms with E-state index in [1.54, 1.807) is 6.07 Å². The molecule has 5 nitrogen and oxygen atoms in total. The van der Waals surface area contributed by atoms with Gasteiger partial charge in [-0.25, -0.2) is 22.5 Å². The molecule has 7 heteroatoms. The second kappa shape index (κ2) is 6.08. The smallest absolute Gasteiger partial charge is 0.258 e. The number of benzene rings is 1. The molecule has 0 amide bonds. The average Bonchev–Trinajstić information content (AvgIpc) is 2.46. The van der Waals surface area contributed by atoms with Gasteiger partial charge in [-0.2, -0.15) is 0 Å². The molecule has 0 atom stereocenters. The normalized spacial score (nSPS) is 11.5. The number of rotatable bonds is 5. The molecule has 0 aliphatic carbocycles. The molecule has 0 fully saturated rings. The number of sulfonamides is 1. The Bertz CT molecular complexity index is 687. The van der Waals surface area contributed by atoms with Gasteiger partial charge in [-0.05, 0) is 17.7 Å². The number of hydrogen-bond acceptors (Lipinski definition) is 4. The zero-order chi connectivity index (χ0) is 14.6. The largest absolute Gasteiger partial charge is 0.392 e. The molecule has 0 unspecified atom stereocenters. The first-order valence-electron chi connectivity index (χ1n) is 5.82. The Balaban J connectivity index is 2.13. The van der Waals surface area contributed by atoms with Crippen molar-refractivity contribution in [3.05, 3.63) is 59.5 Å². The van der Waals surface area contributed by atoms with E-state index in [1.807, 2.05) is 0 Å². The van der Waals surface area contributed by atoms with Gasteiger partial charge in [0.1, 0.15) is 5.82 Å². The Morgan fingerprint density at radius 3 is 2.55 bits per heavy atom. The van der Waals surface area contributed by atoms with Crippen LogP contribution >= 0.6 is 0 Å². The van der Waals surface area contributed by atoms with Crippen molar-refractivity contribution >= 4 is 10.0 Å². The van der Waals surface area contributed by atoms with Crippen LogP contribution < -0.4 is 4.72 Å². The number of hydrogen-bond donors (Lipinski definition) is 2. The molecule has 20 heavy (non-hydrogen) atoms. The minimum atomic E-state index is -3.81. The van der Waals surface area contributed by atoms with Crippen LogP contribution in [0.5, 0.6) is 0 Å². The van der Waals surface area contributed by atoms with Gasteiger partial charge in [0.25, 0.3) is 10.0 Å². The molecule has 1 heterocycles. The molecule has 2 N–H and O–H groups in total. The monoisotopic (exact) mass is 296 g/mol. The second-order valence-corrected chi connectivity index (χ2v) is 5.79. The fourth-order valence-corrected chi connectivity index (χ4v) is 2.48. The maximum absolute atomic E-state index is 13.4. The summed E-state index contributed by atoms with van der Waals surface area (Å²) in [7, 11) is -3.81. The fourth-order valence-electron chi connectivity index (χ4n) is 1.55. The standard InChI is InChI=1S/C13H13FN2O3S/c14-12-4-2-1-3-11(12)8-16-20(18,19)13-6-5-10(9-17)7-15-13/h1-7,16-17H,8-9H2. The molecular formula is C13H13FN2O3S. The molecule has 0 saturated heterocycles. The zero-order valence-corrected chi connectivity index (χ0v) is 11.3. The molecule has 0 aliphatic heterocycles. The van der Waals surface area contributed by atoms with Crippen molar-refractivity contribution in [1.82, 2.24) is 9.71 Å². The van der Waals surface area contributed by atoms with E-state index >= 15 is 0 Å². The van der Waals surface area contributed by atoms with Gasteiger partial charge in [0.05, 0.1) is 6.61 Å². The number of pyridine rings is 1. The topological polar surface area (TPSA) is 79.3 Å². The summed E-state index contributed by atoms with van der Waals surface area (Å²) in [5, 5.41) is 8.69. The number of aliphatic hydroxyl groups is 1. The van der Waals surface area contributed by atoms with Gasteiger partial charge in [-0.1, -0.05) is 24.3 Å². The predicted molar refractivity (Wildman–Crippen MR) is 70.6 cm³/mol. The summed E-state index contributed by atoms with van der Waals surface area (Å²) in [6.07, 6.45) is 1.28. The van der Waals surface area contributed by atoms with Crippen molar-refractivity contribution in [3.63, 3.8) is 0 Å². The highest BCUT2D eigenvalue weighted by molar-refractivity contribution is 7.89. The van der Waals surface area contributed by atoms with Crippen molar-refractivity contribution in [2.24, 2.45) is 0 Å². The number of aromatic nitrogens is 1. The lowest BCUT2D eigenvalue weighted by atomic mass is 10.2. The molecule has 0 aliphatic rings. The zero-order valence-electron chi connectivity index (χ0n) is 10.5. The van der Waals surface area contributed by atoms with Crippen LogP contribution in [0.4, 0.5) is 4.39 Å². The lowest BCUT2D eigenvalue weighted by molar-refractivity contribution is 0.281. The van der Waals surface area contributed by atoms with Gasteiger partial charge in [0.2, 0.25) is 0 Å². The third-order valence-corrected chi connectivity index (χ3v) is 3.98. The summed E-state index contributed by atoms with van der Waals surface area (Å²) in [6.45, 7) is -0.367. The van der Waals surface area contributed by atoms with E-state index in [0.29, 0.717) is 5.56 Å². The van der Waals surface area contributed by atoms with Crippen LogP contribution in [0.2, 0.25) is 0 Å². The van der Waals surface area contributed by atoms with Gasteiger partial charge >= 0.3 is 0 Å². The van der Waals surface area contributed by atoms with Crippen molar-refractivity contribution in [2.75, 3.05) is 0 Å². The van der Waals surface area contributed by atoms with E-state index in [4.69, 9.17) is 5.11 Å². The first-order valence-corrected chi connectivity index (χ1v) is 7.30. The predicted octanol–water partition coefficient (Wildman–Crippen LogP) is 1.19. The van der Waals surface area contributed by atoms with E-state index in [1.165, 1.54) is 36.5 Å². The molecule has 106 valence electrons. The molecule has 2 rings (SSSR count). The Morgan fingerprint density at radius 1 is 1.20 bits per heavy atom. The summed E-state index contributed by atoms with van der Waals surface area (Å²) >= 11 is 0. The molecule has 0 bridgehead atoms.